The molecule has 74 valence electrons. The van der Waals surface area contributed by atoms with E-state index in [1.54, 1.807) is 18.2 Å². The molecule has 1 rings (SSSR count). The van der Waals surface area contributed by atoms with Gasteiger partial charge in [0.25, 0.3) is 0 Å². The molecule has 0 aliphatic carbocycles. The smallest absolute Gasteiger partial charge is 0.227 e. The number of rotatable bonds is 4. The zero-order valence-corrected chi connectivity index (χ0v) is 8.64. The maximum absolute atomic E-state index is 11.0. The van der Waals surface area contributed by atoms with Crippen LogP contribution in [0.4, 0.5) is 0 Å². The van der Waals surface area contributed by atoms with Crippen molar-refractivity contribution in [3.05, 3.63) is 29.8 Å². The molecule has 0 aliphatic rings. The van der Waals surface area contributed by atoms with Crippen LogP contribution in [-0.4, -0.2) is 17.4 Å². The van der Waals surface area contributed by atoms with Crippen molar-refractivity contribution in [1.29, 1.82) is 0 Å². The molecule has 0 spiro atoms. The van der Waals surface area contributed by atoms with Gasteiger partial charge in [-0.1, -0.05) is 12.1 Å². The summed E-state index contributed by atoms with van der Waals surface area (Å²) in [5, 5.41) is 0. The molecule has 0 bridgehead atoms. The fraction of sp³-hybridized carbons (Fsp3) is 0.200. The van der Waals surface area contributed by atoms with Crippen LogP contribution in [0.3, 0.4) is 0 Å². The summed E-state index contributed by atoms with van der Waals surface area (Å²) in [6.07, 6.45) is 0. The number of carbonyl (C=O) groups is 2. The molecule has 2 N–H and O–H groups in total. The minimum atomic E-state index is -0.358. The van der Waals surface area contributed by atoms with Gasteiger partial charge in [-0.2, -0.15) is 0 Å². The van der Waals surface area contributed by atoms with E-state index in [4.69, 9.17) is 5.73 Å². The minimum absolute atomic E-state index is 0.0199. The Balaban J connectivity index is 2.73. The Labute approximate surface area is 86.7 Å². The first kappa shape index (κ1) is 10.8. The predicted molar refractivity (Wildman–Crippen MR) is 56.4 cm³/mol. The largest absolute Gasteiger partial charge is 0.369 e. The van der Waals surface area contributed by atoms with E-state index in [9.17, 15) is 9.59 Å². The molecule has 0 fully saturated rings. The highest BCUT2D eigenvalue weighted by Gasteiger charge is 2.02. The number of amides is 1. The summed E-state index contributed by atoms with van der Waals surface area (Å²) in [7, 11) is 0. The molecule has 0 radical (unpaired) electrons. The van der Waals surface area contributed by atoms with Crippen LogP contribution in [0.5, 0.6) is 0 Å². The van der Waals surface area contributed by atoms with Crippen LogP contribution in [0.25, 0.3) is 0 Å². The standard InChI is InChI=1S/C10H11NO2S/c1-7(12)8-3-2-4-9(5-8)14-6-10(11)13/h2-5H,6H2,1H3,(H2,11,13). The summed E-state index contributed by atoms with van der Waals surface area (Å²) in [6.45, 7) is 1.51. The second-order valence-corrected chi connectivity index (χ2v) is 3.89. The molecule has 1 amide bonds. The lowest BCUT2D eigenvalue weighted by Crippen LogP contribution is -2.12. The van der Waals surface area contributed by atoms with E-state index in [2.05, 4.69) is 0 Å². The third-order valence-corrected chi connectivity index (χ3v) is 2.64. The Morgan fingerprint density at radius 3 is 2.71 bits per heavy atom. The van der Waals surface area contributed by atoms with Crippen molar-refractivity contribution < 1.29 is 9.59 Å². The van der Waals surface area contributed by atoms with Gasteiger partial charge in [-0.15, -0.1) is 11.8 Å². The minimum Gasteiger partial charge on any atom is -0.369 e. The van der Waals surface area contributed by atoms with Crippen molar-refractivity contribution in [3.8, 4) is 0 Å². The van der Waals surface area contributed by atoms with Crippen LogP contribution in [0.2, 0.25) is 0 Å². The number of hydrogen-bond donors (Lipinski definition) is 1. The number of Topliss-reactive ketones (excluding diaryl/α,β-unsaturated/α-hetero) is 1. The average Bonchev–Trinajstić information content (AvgIpc) is 2.15. The van der Waals surface area contributed by atoms with Gasteiger partial charge >= 0.3 is 0 Å². The van der Waals surface area contributed by atoms with Crippen LogP contribution in [-0.2, 0) is 4.79 Å². The molecule has 3 nitrogen and oxygen atoms in total. The molecule has 0 unspecified atom stereocenters. The average molecular weight is 209 g/mol. The Bertz CT molecular complexity index is 363. The number of nitrogens with two attached hydrogens (primary N) is 1. The molecule has 14 heavy (non-hydrogen) atoms. The summed E-state index contributed by atoms with van der Waals surface area (Å²) in [6, 6.07) is 7.15. The van der Waals surface area contributed by atoms with E-state index >= 15 is 0 Å². The van der Waals surface area contributed by atoms with Crippen LogP contribution < -0.4 is 5.73 Å². The van der Waals surface area contributed by atoms with Gasteiger partial charge in [0.15, 0.2) is 5.78 Å². The van der Waals surface area contributed by atoms with E-state index in [-0.39, 0.29) is 17.4 Å². The number of primary amides is 1. The number of thioether (sulfide) groups is 1. The second-order valence-electron chi connectivity index (χ2n) is 2.84. The lowest BCUT2D eigenvalue weighted by molar-refractivity contribution is -0.115. The van der Waals surface area contributed by atoms with Crippen molar-refractivity contribution in [2.75, 3.05) is 5.75 Å². The zero-order valence-electron chi connectivity index (χ0n) is 7.82. The summed E-state index contributed by atoms with van der Waals surface area (Å²) < 4.78 is 0. The Hall–Kier alpha value is -1.29. The third-order valence-electron chi connectivity index (χ3n) is 1.62. The van der Waals surface area contributed by atoms with Gasteiger partial charge in [0.2, 0.25) is 5.91 Å². The number of carbonyl (C=O) groups excluding carboxylic acids is 2. The first-order valence-electron chi connectivity index (χ1n) is 4.11. The zero-order chi connectivity index (χ0) is 10.6. The second kappa shape index (κ2) is 4.81. The van der Waals surface area contributed by atoms with E-state index in [1.807, 2.05) is 6.07 Å². The lowest BCUT2D eigenvalue weighted by Gasteiger charge is -2.00. The highest BCUT2D eigenvalue weighted by molar-refractivity contribution is 8.00. The van der Waals surface area contributed by atoms with Crippen molar-refractivity contribution >= 4 is 23.5 Å². The number of benzene rings is 1. The maximum atomic E-state index is 11.0. The molecule has 0 aromatic heterocycles. The monoisotopic (exact) mass is 209 g/mol. The molecule has 1 aromatic carbocycles. The van der Waals surface area contributed by atoms with Gasteiger partial charge in [0.05, 0.1) is 5.75 Å². The molecule has 0 aliphatic heterocycles. The van der Waals surface area contributed by atoms with Crippen molar-refractivity contribution in [2.45, 2.75) is 11.8 Å². The van der Waals surface area contributed by atoms with Crippen molar-refractivity contribution in [2.24, 2.45) is 5.73 Å². The first-order valence-corrected chi connectivity index (χ1v) is 5.10. The first-order chi connectivity index (χ1) is 6.59. The van der Waals surface area contributed by atoms with Gasteiger partial charge < -0.3 is 5.73 Å². The van der Waals surface area contributed by atoms with E-state index in [0.717, 1.165) is 4.90 Å². The maximum Gasteiger partial charge on any atom is 0.227 e. The molecule has 0 heterocycles. The SMILES string of the molecule is CC(=O)c1cccc(SCC(N)=O)c1. The third kappa shape index (κ3) is 3.22. The topological polar surface area (TPSA) is 60.2 Å². The Kier molecular flexibility index (Phi) is 3.71. The van der Waals surface area contributed by atoms with E-state index < -0.39 is 0 Å². The van der Waals surface area contributed by atoms with Gasteiger partial charge in [0, 0.05) is 10.5 Å². The molecular weight excluding hydrogens is 198 g/mol. The van der Waals surface area contributed by atoms with Crippen LogP contribution in [0.1, 0.15) is 17.3 Å². The van der Waals surface area contributed by atoms with E-state index in [1.165, 1.54) is 18.7 Å². The van der Waals surface area contributed by atoms with Crippen LogP contribution in [0, 0.1) is 0 Å². The predicted octanol–water partition coefficient (Wildman–Crippen LogP) is 1.47. The fourth-order valence-corrected chi connectivity index (χ4v) is 1.65. The summed E-state index contributed by atoms with van der Waals surface area (Å²) >= 11 is 1.33. The fourth-order valence-electron chi connectivity index (χ4n) is 0.959. The molecule has 0 saturated heterocycles. The normalized spacial score (nSPS) is 9.79. The van der Waals surface area contributed by atoms with Crippen LogP contribution in [0.15, 0.2) is 29.2 Å². The van der Waals surface area contributed by atoms with Crippen molar-refractivity contribution in [3.63, 3.8) is 0 Å². The van der Waals surface area contributed by atoms with Crippen LogP contribution >= 0.6 is 11.8 Å². The molecule has 0 saturated carbocycles. The van der Waals surface area contributed by atoms with E-state index in [0.29, 0.717) is 5.56 Å². The molecule has 0 atom stereocenters. The Morgan fingerprint density at radius 1 is 1.43 bits per heavy atom. The summed E-state index contributed by atoms with van der Waals surface area (Å²) in [5.74, 6) is -0.101. The highest BCUT2D eigenvalue weighted by Crippen LogP contribution is 2.18. The molecule has 4 heteroatoms. The summed E-state index contributed by atoms with van der Waals surface area (Å²) in [5.41, 5.74) is 5.66. The number of ketones is 1. The summed E-state index contributed by atoms with van der Waals surface area (Å²) in [4.78, 5) is 22.4. The highest BCUT2D eigenvalue weighted by atomic mass is 32.2. The van der Waals surface area contributed by atoms with Crippen molar-refractivity contribution in [1.82, 2.24) is 0 Å². The quantitative estimate of drug-likeness (QED) is 0.603. The lowest BCUT2D eigenvalue weighted by atomic mass is 10.2. The van der Waals surface area contributed by atoms with Gasteiger partial charge in [-0.25, -0.2) is 0 Å². The van der Waals surface area contributed by atoms with Gasteiger partial charge in [-0.05, 0) is 19.1 Å². The molecular formula is C10H11NO2S. The van der Waals surface area contributed by atoms with Gasteiger partial charge in [0.1, 0.15) is 0 Å². The molecule has 1 aromatic rings. The van der Waals surface area contributed by atoms with Gasteiger partial charge in [-0.3, -0.25) is 9.59 Å². The number of hydrogen-bond acceptors (Lipinski definition) is 3. The Morgan fingerprint density at radius 2 is 2.14 bits per heavy atom.